The summed E-state index contributed by atoms with van der Waals surface area (Å²) in [6.45, 7) is 5.82. The van der Waals surface area contributed by atoms with E-state index in [1.54, 1.807) is 14.0 Å². The van der Waals surface area contributed by atoms with Crippen LogP contribution in [0, 0.1) is 18.8 Å². The van der Waals surface area contributed by atoms with Gasteiger partial charge in [0.25, 0.3) is 5.91 Å². The molecule has 8 nitrogen and oxygen atoms in total. The van der Waals surface area contributed by atoms with Crippen molar-refractivity contribution >= 4 is 28.7 Å². The predicted molar refractivity (Wildman–Crippen MR) is 155 cm³/mol. The largest absolute Gasteiger partial charge is 0.399 e. The summed E-state index contributed by atoms with van der Waals surface area (Å²) in [5, 5.41) is 12.2. The summed E-state index contributed by atoms with van der Waals surface area (Å²) in [4.78, 5) is 30.1. The molecule has 0 radical (unpaired) electrons. The fourth-order valence-corrected chi connectivity index (χ4v) is 3.47. The summed E-state index contributed by atoms with van der Waals surface area (Å²) < 4.78 is 0. The maximum atomic E-state index is 12.9. The molecule has 0 N–H and O–H groups in total. The SMILES string of the molecule is CCO/N=C(/C(C)=NOCC(=NOC)C(=O)N(C)c1ccccc1)c1ccc(C#Cc2cccc(C)c2)cc1. The zero-order valence-corrected chi connectivity index (χ0v) is 22.8. The van der Waals surface area contributed by atoms with Crippen molar-refractivity contribution in [3.63, 3.8) is 0 Å². The van der Waals surface area contributed by atoms with Gasteiger partial charge in [-0.05, 0) is 62.7 Å². The number of anilines is 1. The first-order valence-corrected chi connectivity index (χ1v) is 12.4. The first-order valence-electron chi connectivity index (χ1n) is 12.4. The maximum Gasteiger partial charge on any atom is 0.279 e. The van der Waals surface area contributed by atoms with Crippen molar-refractivity contribution in [1.82, 2.24) is 0 Å². The lowest BCUT2D eigenvalue weighted by atomic mass is 10.0. The lowest BCUT2D eigenvalue weighted by Crippen LogP contribution is -2.35. The second kappa shape index (κ2) is 14.7. The average molecular weight is 525 g/mol. The molecule has 1 amide bonds. The van der Waals surface area contributed by atoms with Gasteiger partial charge in [-0.15, -0.1) is 0 Å². The van der Waals surface area contributed by atoms with E-state index in [0.717, 1.165) is 16.7 Å². The monoisotopic (exact) mass is 524 g/mol. The molecule has 0 atom stereocenters. The number of nitrogens with zero attached hydrogens (tertiary/aromatic N) is 4. The van der Waals surface area contributed by atoms with Crippen LogP contribution in [0.25, 0.3) is 0 Å². The molecule has 0 aromatic heterocycles. The third-order valence-electron chi connectivity index (χ3n) is 5.45. The van der Waals surface area contributed by atoms with Crippen molar-refractivity contribution in [2.24, 2.45) is 15.5 Å². The Morgan fingerprint density at radius 1 is 0.872 bits per heavy atom. The van der Waals surface area contributed by atoms with Gasteiger partial charge in [0.05, 0.1) is 0 Å². The van der Waals surface area contributed by atoms with E-state index in [0.29, 0.717) is 23.7 Å². The number of rotatable bonds is 10. The smallest absolute Gasteiger partial charge is 0.279 e. The molecule has 200 valence electrons. The molecule has 3 rings (SSSR count). The highest BCUT2D eigenvalue weighted by atomic mass is 16.6. The van der Waals surface area contributed by atoms with Crippen LogP contribution in [0.3, 0.4) is 0 Å². The molecule has 8 heteroatoms. The molecule has 0 spiro atoms. The molecule has 39 heavy (non-hydrogen) atoms. The topological polar surface area (TPSA) is 85.1 Å². The zero-order valence-electron chi connectivity index (χ0n) is 22.8. The molecule has 0 fully saturated rings. The van der Waals surface area contributed by atoms with E-state index >= 15 is 0 Å². The third-order valence-corrected chi connectivity index (χ3v) is 5.45. The molecule has 0 aliphatic heterocycles. The minimum Gasteiger partial charge on any atom is -0.399 e. The number of oxime groups is 3. The van der Waals surface area contributed by atoms with Gasteiger partial charge in [0, 0.05) is 29.4 Å². The van der Waals surface area contributed by atoms with E-state index in [4.69, 9.17) is 14.5 Å². The number of hydrogen-bond acceptors (Lipinski definition) is 7. The molecular weight excluding hydrogens is 492 g/mol. The number of aryl methyl sites for hydroxylation is 1. The van der Waals surface area contributed by atoms with Gasteiger partial charge in [0.15, 0.2) is 12.3 Å². The normalized spacial score (nSPS) is 11.8. The van der Waals surface area contributed by atoms with Gasteiger partial charge in [-0.25, -0.2) is 0 Å². The summed E-state index contributed by atoms with van der Waals surface area (Å²) in [5.41, 5.74) is 5.49. The summed E-state index contributed by atoms with van der Waals surface area (Å²) in [6.07, 6.45) is 0. The Morgan fingerprint density at radius 2 is 1.59 bits per heavy atom. The highest BCUT2D eigenvalue weighted by Gasteiger charge is 2.20. The van der Waals surface area contributed by atoms with E-state index in [-0.39, 0.29) is 18.2 Å². The van der Waals surface area contributed by atoms with Crippen LogP contribution in [0.1, 0.15) is 36.1 Å². The van der Waals surface area contributed by atoms with E-state index in [1.165, 1.54) is 17.6 Å². The van der Waals surface area contributed by atoms with Gasteiger partial charge >= 0.3 is 0 Å². The Hall–Kier alpha value is -4.90. The number of carbonyl (C=O) groups excluding carboxylic acids is 1. The van der Waals surface area contributed by atoms with Gasteiger partial charge in [-0.2, -0.15) is 0 Å². The van der Waals surface area contributed by atoms with Crippen molar-refractivity contribution in [3.8, 4) is 11.8 Å². The molecular formula is C31H32N4O4. The van der Waals surface area contributed by atoms with Crippen LogP contribution in [-0.2, 0) is 19.3 Å². The fourth-order valence-electron chi connectivity index (χ4n) is 3.47. The molecule has 3 aromatic rings. The van der Waals surface area contributed by atoms with E-state index in [2.05, 4.69) is 27.3 Å². The van der Waals surface area contributed by atoms with Crippen molar-refractivity contribution < 1.29 is 19.3 Å². The summed E-state index contributed by atoms with van der Waals surface area (Å²) in [5.74, 6) is 5.99. The second-order valence-corrected chi connectivity index (χ2v) is 8.42. The molecule has 0 unspecified atom stereocenters. The number of hydrogen-bond donors (Lipinski definition) is 0. The molecule has 0 aliphatic carbocycles. The molecule has 0 aliphatic rings. The number of carbonyl (C=O) groups is 1. The van der Waals surface area contributed by atoms with Gasteiger partial charge in [0.1, 0.15) is 25.1 Å². The number of amides is 1. The Labute approximate surface area is 229 Å². The first kappa shape index (κ1) is 28.7. The second-order valence-electron chi connectivity index (χ2n) is 8.42. The van der Waals surface area contributed by atoms with E-state index in [1.807, 2.05) is 92.7 Å². The van der Waals surface area contributed by atoms with Crippen LogP contribution in [0.15, 0.2) is 94.3 Å². The number of para-hydroxylation sites is 1. The molecule has 0 saturated carbocycles. The standard InChI is InChI=1S/C31H32N4O4/c1-6-38-34-30(27-19-17-25(18-20-27)15-16-26-12-10-11-23(2)21-26)24(3)32-39-22-29(33-37-5)31(36)35(4)28-13-8-7-9-14-28/h7-14,17-21H,6,22H2,1-5H3/b32-24?,33-29?,34-30-. The van der Waals surface area contributed by atoms with Crippen molar-refractivity contribution in [3.05, 3.63) is 101 Å². The Balaban J connectivity index is 1.73. The van der Waals surface area contributed by atoms with Crippen LogP contribution in [0.4, 0.5) is 5.69 Å². The minimum atomic E-state index is -0.374. The van der Waals surface area contributed by atoms with Crippen LogP contribution < -0.4 is 4.90 Å². The van der Waals surface area contributed by atoms with Crippen LogP contribution in [-0.4, -0.2) is 50.4 Å². The highest BCUT2D eigenvalue weighted by molar-refractivity contribution is 6.47. The lowest BCUT2D eigenvalue weighted by Gasteiger charge is -2.17. The quantitative estimate of drug-likeness (QED) is 0.207. The van der Waals surface area contributed by atoms with Crippen molar-refractivity contribution in [2.45, 2.75) is 20.8 Å². The van der Waals surface area contributed by atoms with Crippen LogP contribution >= 0.6 is 0 Å². The maximum absolute atomic E-state index is 12.9. The van der Waals surface area contributed by atoms with Crippen LogP contribution in [0.2, 0.25) is 0 Å². The lowest BCUT2D eigenvalue weighted by molar-refractivity contribution is -0.112. The molecule has 0 bridgehead atoms. The average Bonchev–Trinajstić information content (AvgIpc) is 2.96. The minimum absolute atomic E-state index is 0.0558. The van der Waals surface area contributed by atoms with Gasteiger partial charge in [-0.1, -0.05) is 69.8 Å². The number of benzene rings is 3. The molecule has 3 aromatic carbocycles. The summed E-state index contributed by atoms with van der Waals surface area (Å²) in [6, 6.07) is 24.9. The van der Waals surface area contributed by atoms with E-state index in [9.17, 15) is 4.79 Å². The predicted octanol–water partition coefficient (Wildman–Crippen LogP) is 5.19. The molecule has 0 saturated heterocycles. The van der Waals surface area contributed by atoms with Crippen molar-refractivity contribution in [2.75, 3.05) is 32.3 Å². The Morgan fingerprint density at radius 3 is 2.26 bits per heavy atom. The van der Waals surface area contributed by atoms with Gasteiger partial charge in [0.2, 0.25) is 0 Å². The zero-order chi connectivity index (χ0) is 28.0. The first-order chi connectivity index (χ1) is 18.9. The Bertz CT molecular complexity index is 1400. The van der Waals surface area contributed by atoms with Crippen molar-refractivity contribution in [1.29, 1.82) is 0 Å². The van der Waals surface area contributed by atoms with Crippen LogP contribution in [0.5, 0.6) is 0 Å². The van der Waals surface area contributed by atoms with E-state index < -0.39 is 0 Å². The van der Waals surface area contributed by atoms with Gasteiger partial charge in [-0.3, -0.25) is 4.79 Å². The molecule has 0 heterocycles. The Kier molecular flexibility index (Phi) is 10.8. The summed E-state index contributed by atoms with van der Waals surface area (Å²) >= 11 is 0. The van der Waals surface area contributed by atoms with Gasteiger partial charge < -0.3 is 19.4 Å². The summed E-state index contributed by atoms with van der Waals surface area (Å²) in [7, 11) is 3.02. The fraction of sp³-hybridized carbons (Fsp3) is 0.226. The third kappa shape index (κ3) is 8.58. The highest BCUT2D eigenvalue weighted by Crippen LogP contribution is 2.12.